The minimum atomic E-state index is -1.48. The first-order chi connectivity index (χ1) is 11.1. The summed E-state index contributed by atoms with van der Waals surface area (Å²) < 4.78 is 11.5. The Kier molecular flexibility index (Phi) is 2.54. The Morgan fingerprint density at radius 1 is 1.17 bits per heavy atom. The maximum Gasteiger partial charge on any atom is 0.293 e. The first kappa shape index (κ1) is 14.2. The molecule has 0 amide bonds. The number of hydrogen-bond acceptors (Lipinski definition) is 6. The number of nitrogens with two attached hydrogens (primary N) is 1. The van der Waals surface area contributed by atoms with Crippen molar-refractivity contribution in [3.05, 3.63) is 35.9 Å². The lowest BCUT2D eigenvalue weighted by Gasteiger charge is -2.31. The fourth-order valence-corrected chi connectivity index (χ4v) is 4.93. The molecule has 0 radical (unpaired) electrons. The van der Waals surface area contributed by atoms with E-state index in [2.05, 4.69) is 17.1 Å². The van der Waals surface area contributed by atoms with Crippen LogP contribution in [0.25, 0.3) is 0 Å². The lowest BCUT2D eigenvalue weighted by molar-refractivity contribution is -0.188. The summed E-state index contributed by atoms with van der Waals surface area (Å²) in [6.07, 6.45) is 0.558. The number of nitrogens with zero attached hydrogens (tertiary/aromatic N) is 3. The number of amidine groups is 1. The van der Waals surface area contributed by atoms with Crippen LogP contribution in [0.5, 0.6) is 0 Å². The van der Waals surface area contributed by atoms with Crippen molar-refractivity contribution in [3.8, 4) is 12.1 Å². The summed E-state index contributed by atoms with van der Waals surface area (Å²) in [4.78, 5) is 4.31. The molecule has 1 spiro atoms. The largest absolute Gasteiger partial charge is 0.386 e. The number of aliphatic imine (C=N–C) groups is 1. The van der Waals surface area contributed by atoms with Crippen LogP contribution in [0.3, 0.4) is 0 Å². The Bertz CT molecular complexity index is 787. The standard InChI is InChI=1S/C17H16N4O2/c1-2-14(12-6-4-3-5-7-12)15(10-18)13(20)21-17(16(14,15)11-19)22-8-9-23-17/h3-7H,2,8-9H2,1H3,(H2,20,21)/t14-,15+,16-/m1/s1. The van der Waals surface area contributed by atoms with Gasteiger partial charge in [-0.05, 0) is 12.0 Å². The molecule has 6 nitrogen and oxygen atoms in total. The fourth-order valence-electron chi connectivity index (χ4n) is 4.93. The van der Waals surface area contributed by atoms with Crippen LogP contribution in [-0.4, -0.2) is 25.0 Å². The summed E-state index contributed by atoms with van der Waals surface area (Å²) in [5.41, 5.74) is 3.79. The third-order valence-corrected chi connectivity index (χ3v) is 5.72. The van der Waals surface area contributed by atoms with E-state index in [9.17, 15) is 10.5 Å². The van der Waals surface area contributed by atoms with Crippen LogP contribution in [0.15, 0.2) is 35.3 Å². The molecule has 116 valence electrons. The van der Waals surface area contributed by atoms with Crippen LogP contribution >= 0.6 is 0 Å². The van der Waals surface area contributed by atoms with Gasteiger partial charge in [0.15, 0.2) is 10.8 Å². The van der Waals surface area contributed by atoms with E-state index in [0.29, 0.717) is 19.6 Å². The van der Waals surface area contributed by atoms with E-state index in [4.69, 9.17) is 15.2 Å². The first-order valence-electron chi connectivity index (χ1n) is 7.64. The monoisotopic (exact) mass is 308 g/mol. The summed E-state index contributed by atoms with van der Waals surface area (Å²) >= 11 is 0. The lowest BCUT2D eigenvalue weighted by atomic mass is 9.80. The van der Waals surface area contributed by atoms with Crippen molar-refractivity contribution < 1.29 is 9.47 Å². The Balaban J connectivity index is 2.05. The van der Waals surface area contributed by atoms with E-state index in [1.54, 1.807) is 0 Å². The molecule has 1 saturated carbocycles. The van der Waals surface area contributed by atoms with Crippen molar-refractivity contribution in [1.82, 2.24) is 0 Å². The second kappa shape index (κ2) is 4.11. The smallest absolute Gasteiger partial charge is 0.293 e. The van der Waals surface area contributed by atoms with Gasteiger partial charge in [-0.25, -0.2) is 4.99 Å². The number of ether oxygens (including phenoxy) is 2. The van der Waals surface area contributed by atoms with Crippen molar-refractivity contribution in [3.63, 3.8) is 0 Å². The molecule has 3 aliphatic rings. The van der Waals surface area contributed by atoms with Crippen LogP contribution in [0.4, 0.5) is 0 Å². The SMILES string of the molecule is CC[C@@]1(c2ccccc2)[C@]2(C#N)C(N)=NC3(OCCO3)[C@@]21C#N. The van der Waals surface area contributed by atoms with Gasteiger partial charge >= 0.3 is 0 Å². The highest BCUT2D eigenvalue weighted by Crippen LogP contribution is 2.86. The number of rotatable bonds is 2. The van der Waals surface area contributed by atoms with Crippen molar-refractivity contribution in [2.75, 3.05) is 13.2 Å². The summed E-state index contributed by atoms with van der Waals surface area (Å²) in [7, 11) is 0. The van der Waals surface area contributed by atoms with Gasteiger partial charge in [-0.3, -0.25) is 0 Å². The minimum Gasteiger partial charge on any atom is -0.386 e. The van der Waals surface area contributed by atoms with Crippen LogP contribution < -0.4 is 5.73 Å². The average Bonchev–Trinajstić information content (AvgIpc) is 2.80. The minimum absolute atomic E-state index is 0.133. The molecular weight excluding hydrogens is 292 g/mol. The predicted molar refractivity (Wildman–Crippen MR) is 80.8 cm³/mol. The molecule has 0 bridgehead atoms. The van der Waals surface area contributed by atoms with E-state index in [1.807, 2.05) is 37.3 Å². The lowest BCUT2D eigenvalue weighted by Crippen LogP contribution is -2.42. The topological polar surface area (TPSA) is 104 Å². The Hall–Kier alpha value is -2.41. The molecule has 6 heteroatoms. The molecular formula is C17H16N4O2. The number of nitriles is 2. The zero-order valence-corrected chi connectivity index (χ0v) is 12.7. The highest BCUT2D eigenvalue weighted by Gasteiger charge is 3.01. The molecule has 2 N–H and O–H groups in total. The normalized spacial score (nSPS) is 39.3. The fraction of sp³-hybridized carbons (Fsp3) is 0.471. The van der Waals surface area contributed by atoms with Crippen LogP contribution in [0, 0.1) is 33.5 Å². The number of fused-ring (bicyclic) bond motifs is 2. The number of hydrogen-bond donors (Lipinski definition) is 1. The molecule has 23 heavy (non-hydrogen) atoms. The van der Waals surface area contributed by atoms with E-state index < -0.39 is 22.2 Å². The molecule has 4 rings (SSSR count). The molecule has 0 aromatic heterocycles. The zero-order valence-electron chi connectivity index (χ0n) is 12.7. The van der Waals surface area contributed by atoms with E-state index >= 15 is 0 Å². The van der Waals surface area contributed by atoms with Gasteiger partial charge in [0.25, 0.3) is 5.91 Å². The molecule has 2 heterocycles. The maximum atomic E-state index is 10.1. The second-order valence-electron chi connectivity index (χ2n) is 6.12. The van der Waals surface area contributed by atoms with Gasteiger partial charge in [0, 0.05) is 0 Å². The third-order valence-electron chi connectivity index (χ3n) is 5.72. The number of benzene rings is 1. The van der Waals surface area contributed by atoms with Gasteiger partial charge in [0.1, 0.15) is 5.84 Å². The zero-order chi connectivity index (χ0) is 16.3. The van der Waals surface area contributed by atoms with Gasteiger partial charge in [-0.2, -0.15) is 10.5 Å². The van der Waals surface area contributed by atoms with Gasteiger partial charge in [-0.15, -0.1) is 0 Å². The highest BCUT2D eigenvalue weighted by molar-refractivity contribution is 6.02. The highest BCUT2D eigenvalue weighted by atomic mass is 16.8. The van der Waals surface area contributed by atoms with Crippen LogP contribution in [0.2, 0.25) is 0 Å². The maximum absolute atomic E-state index is 10.1. The molecule has 0 unspecified atom stereocenters. The quantitative estimate of drug-likeness (QED) is 0.890. The Morgan fingerprint density at radius 2 is 1.83 bits per heavy atom. The van der Waals surface area contributed by atoms with Gasteiger partial charge in [0.05, 0.1) is 30.8 Å². The third kappa shape index (κ3) is 1.09. The molecule has 1 saturated heterocycles. The van der Waals surface area contributed by atoms with Gasteiger partial charge < -0.3 is 15.2 Å². The summed E-state index contributed by atoms with van der Waals surface area (Å²) in [5.74, 6) is -1.35. The summed E-state index contributed by atoms with van der Waals surface area (Å²) in [5, 5.41) is 20.2. The van der Waals surface area contributed by atoms with E-state index in [1.165, 1.54) is 0 Å². The van der Waals surface area contributed by atoms with Crippen molar-refractivity contribution in [2.24, 2.45) is 21.6 Å². The van der Waals surface area contributed by atoms with Crippen LogP contribution in [-0.2, 0) is 14.9 Å². The Labute approximate surface area is 134 Å². The van der Waals surface area contributed by atoms with Crippen molar-refractivity contribution in [2.45, 2.75) is 24.7 Å². The summed E-state index contributed by atoms with van der Waals surface area (Å²) in [6.45, 7) is 2.62. The molecule has 1 aliphatic carbocycles. The van der Waals surface area contributed by atoms with Gasteiger partial charge in [0.2, 0.25) is 0 Å². The Morgan fingerprint density at radius 3 is 2.35 bits per heavy atom. The predicted octanol–water partition coefficient (Wildman–Crippen LogP) is 1.44. The molecule has 1 aromatic carbocycles. The van der Waals surface area contributed by atoms with E-state index in [0.717, 1.165) is 5.56 Å². The molecule has 1 aromatic rings. The average molecular weight is 308 g/mol. The van der Waals surface area contributed by atoms with Crippen LogP contribution in [0.1, 0.15) is 18.9 Å². The first-order valence-corrected chi connectivity index (χ1v) is 7.64. The van der Waals surface area contributed by atoms with E-state index in [-0.39, 0.29) is 5.84 Å². The molecule has 2 fully saturated rings. The second-order valence-corrected chi connectivity index (χ2v) is 6.12. The molecule has 2 aliphatic heterocycles. The van der Waals surface area contributed by atoms with Crippen molar-refractivity contribution in [1.29, 1.82) is 10.5 Å². The van der Waals surface area contributed by atoms with Crippen molar-refractivity contribution >= 4 is 5.84 Å². The van der Waals surface area contributed by atoms with Gasteiger partial charge in [-0.1, -0.05) is 37.3 Å². The summed E-state index contributed by atoms with van der Waals surface area (Å²) in [6, 6.07) is 14.2. The molecule has 3 atom stereocenters.